The van der Waals surface area contributed by atoms with Crippen molar-refractivity contribution in [2.75, 3.05) is 22.9 Å². The van der Waals surface area contributed by atoms with Crippen LogP contribution in [0.5, 0.6) is 0 Å². The van der Waals surface area contributed by atoms with Crippen molar-refractivity contribution in [3.05, 3.63) is 46.5 Å². The standard InChI is InChI=1S/C16H22N4/c1-9-5-11(16(20)8-14(9)18)3-4-12-7-13(17)10(2)6-15(12)19/h5-8H,3-4,17-20H2,1-2H3. The minimum atomic E-state index is 0.727. The average Bonchev–Trinajstić information content (AvgIpc) is 2.37. The first-order chi connectivity index (χ1) is 9.38. The van der Waals surface area contributed by atoms with Gasteiger partial charge in [0.15, 0.2) is 0 Å². The van der Waals surface area contributed by atoms with Gasteiger partial charge >= 0.3 is 0 Å². The lowest BCUT2D eigenvalue weighted by atomic mass is 9.98. The molecule has 0 aliphatic rings. The lowest BCUT2D eigenvalue weighted by molar-refractivity contribution is 0.963. The summed E-state index contributed by atoms with van der Waals surface area (Å²) in [4.78, 5) is 0. The van der Waals surface area contributed by atoms with Crippen LogP contribution in [0.1, 0.15) is 22.3 Å². The van der Waals surface area contributed by atoms with Crippen molar-refractivity contribution >= 4 is 22.7 Å². The molecule has 2 aromatic rings. The number of hydrogen-bond acceptors (Lipinski definition) is 4. The summed E-state index contributed by atoms with van der Waals surface area (Å²) < 4.78 is 0. The van der Waals surface area contributed by atoms with Crippen LogP contribution < -0.4 is 22.9 Å². The molecule has 4 nitrogen and oxygen atoms in total. The average molecular weight is 270 g/mol. The third-order valence-electron chi connectivity index (χ3n) is 3.72. The topological polar surface area (TPSA) is 104 Å². The minimum Gasteiger partial charge on any atom is -0.399 e. The van der Waals surface area contributed by atoms with Crippen LogP contribution in [0, 0.1) is 13.8 Å². The zero-order valence-corrected chi connectivity index (χ0v) is 12.0. The van der Waals surface area contributed by atoms with Gasteiger partial charge in [-0.15, -0.1) is 0 Å². The van der Waals surface area contributed by atoms with Crippen molar-refractivity contribution in [1.29, 1.82) is 0 Å². The van der Waals surface area contributed by atoms with E-state index < -0.39 is 0 Å². The van der Waals surface area contributed by atoms with Crippen LogP contribution in [0.25, 0.3) is 0 Å². The first-order valence-electron chi connectivity index (χ1n) is 6.67. The zero-order valence-electron chi connectivity index (χ0n) is 12.0. The SMILES string of the molecule is Cc1cc(CCc2cc(N)c(C)cc2N)c(N)cc1N. The predicted octanol–water partition coefficient (Wildman–Crippen LogP) is 2.42. The molecule has 0 aromatic heterocycles. The van der Waals surface area contributed by atoms with E-state index in [9.17, 15) is 0 Å². The van der Waals surface area contributed by atoms with E-state index in [4.69, 9.17) is 22.9 Å². The Hall–Kier alpha value is -2.36. The van der Waals surface area contributed by atoms with Gasteiger partial charge in [0.1, 0.15) is 0 Å². The zero-order chi connectivity index (χ0) is 14.9. The first-order valence-corrected chi connectivity index (χ1v) is 6.67. The fraction of sp³-hybridized carbons (Fsp3) is 0.250. The van der Waals surface area contributed by atoms with Crippen LogP contribution >= 0.6 is 0 Å². The molecular formula is C16H22N4. The summed E-state index contributed by atoms with van der Waals surface area (Å²) in [5.74, 6) is 0. The molecule has 0 bridgehead atoms. The highest BCUT2D eigenvalue weighted by molar-refractivity contribution is 5.62. The van der Waals surface area contributed by atoms with Crippen molar-refractivity contribution in [3.63, 3.8) is 0 Å². The predicted molar refractivity (Wildman–Crippen MR) is 87.4 cm³/mol. The quantitative estimate of drug-likeness (QED) is 0.643. The summed E-state index contributed by atoms with van der Waals surface area (Å²) in [5.41, 5.74) is 31.0. The lowest BCUT2D eigenvalue weighted by Gasteiger charge is -2.12. The van der Waals surface area contributed by atoms with Crippen LogP contribution in [-0.4, -0.2) is 0 Å². The Morgan fingerprint density at radius 3 is 1.70 bits per heavy atom. The Kier molecular flexibility index (Phi) is 3.74. The lowest BCUT2D eigenvalue weighted by Crippen LogP contribution is -2.03. The highest BCUT2D eigenvalue weighted by Gasteiger charge is 2.07. The molecule has 106 valence electrons. The summed E-state index contributed by atoms with van der Waals surface area (Å²) in [6, 6.07) is 7.73. The van der Waals surface area contributed by atoms with E-state index >= 15 is 0 Å². The molecule has 0 saturated carbocycles. The fourth-order valence-electron chi connectivity index (χ4n) is 2.30. The van der Waals surface area contributed by atoms with Gasteiger partial charge in [-0.25, -0.2) is 0 Å². The van der Waals surface area contributed by atoms with Gasteiger partial charge in [0, 0.05) is 22.7 Å². The van der Waals surface area contributed by atoms with Crippen molar-refractivity contribution < 1.29 is 0 Å². The first kappa shape index (κ1) is 14.1. The second kappa shape index (κ2) is 5.33. The Labute approximate surface area is 119 Å². The second-order valence-electron chi connectivity index (χ2n) is 5.32. The number of nitrogen functional groups attached to an aromatic ring is 4. The maximum absolute atomic E-state index is 6.04. The maximum atomic E-state index is 6.04. The van der Waals surface area contributed by atoms with Gasteiger partial charge in [0.25, 0.3) is 0 Å². The van der Waals surface area contributed by atoms with Gasteiger partial charge in [-0.1, -0.05) is 6.07 Å². The number of aryl methyl sites for hydroxylation is 4. The molecule has 4 heteroatoms. The third kappa shape index (κ3) is 2.79. The molecule has 0 saturated heterocycles. The molecule has 2 aromatic carbocycles. The molecule has 8 N–H and O–H groups in total. The molecule has 0 heterocycles. The number of benzene rings is 2. The molecule has 0 aliphatic carbocycles. The van der Waals surface area contributed by atoms with Gasteiger partial charge in [0.2, 0.25) is 0 Å². The highest BCUT2D eigenvalue weighted by Crippen LogP contribution is 2.25. The van der Waals surface area contributed by atoms with Gasteiger partial charge in [-0.3, -0.25) is 0 Å². The van der Waals surface area contributed by atoms with E-state index in [-0.39, 0.29) is 0 Å². The summed E-state index contributed by atoms with van der Waals surface area (Å²) in [6.07, 6.45) is 1.63. The van der Waals surface area contributed by atoms with E-state index in [1.165, 1.54) is 0 Å². The van der Waals surface area contributed by atoms with E-state index in [2.05, 4.69) is 0 Å². The third-order valence-corrected chi connectivity index (χ3v) is 3.72. The van der Waals surface area contributed by atoms with Crippen molar-refractivity contribution in [2.45, 2.75) is 26.7 Å². The Morgan fingerprint density at radius 1 is 0.600 bits per heavy atom. The van der Waals surface area contributed by atoms with Gasteiger partial charge in [-0.2, -0.15) is 0 Å². The largest absolute Gasteiger partial charge is 0.399 e. The Morgan fingerprint density at radius 2 is 1.05 bits per heavy atom. The molecule has 0 fully saturated rings. The Balaban J connectivity index is 2.21. The Bertz CT molecular complexity index is 590. The van der Waals surface area contributed by atoms with Crippen LogP contribution in [-0.2, 0) is 12.8 Å². The number of anilines is 4. The smallest absolute Gasteiger partial charge is 0.0367 e. The van der Waals surface area contributed by atoms with Crippen LogP contribution in [0.3, 0.4) is 0 Å². The van der Waals surface area contributed by atoms with Gasteiger partial charge in [0.05, 0.1) is 0 Å². The van der Waals surface area contributed by atoms with Crippen LogP contribution in [0.2, 0.25) is 0 Å². The fourth-order valence-corrected chi connectivity index (χ4v) is 2.30. The summed E-state index contributed by atoms with van der Waals surface area (Å²) >= 11 is 0. The van der Waals surface area contributed by atoms with Gasteiger partial charge < -0.3 is 22.9 Å². The molecule has 0 radical (unpaired) electrons. The monoisotopic (exact) mass is 270 g/mol. The van der Waals surface area contributed by atoms with Crippen molar-refractivity contribution in [1.82, 2.24) is 0 Å². The summed E-state index contributed by atoms with van der Waals surface area (Å²) in [6.45, 7) is 3.94. The molecule has 0 atom stereocenters. The molecule has 0 amide bonds. The van der Waals surface area contributed by atoms with E-state index in [0.29, 0.717) is 0 Å². The van der Waals surface area contributed by atoms with E-state index in [0.717, 1.165) is 57.8 Å². The maximum Gasteiger partial charge on any atom is 0.0367 e. The highest BCUT2D eigenvalue weighted by atomic mass is 14.6. The van der Waals surface area contributed by atoms with E-state index in [1.54, 1.807) is 0 Å². The van der Waals surface area contributed by atoms with Crippen LogP contribution in [0.15, 0.2) is 24.3 Å². The van der Waals surface area contributed by atoms with Gasteiger partial charge in [-0.05, 0) is 67.1 Å². The number of nitrogens with two attached hydrogens (primary N) is 4. The van der Waals surface area contributed by atoms with Crippen molar-refractivity contribution in [3.8, 4) is 0 Å². The second-order valence-corrected chi connectivity index (χ2v) is 5.32. The molecule has 2 rings (SSSR count). The molecule has 0 unspecified atom stereocenters. The normalized spacial score (nSPS) is 10.7. The van der Waals surface area contributed by atoms with Crippen LogP contribution in [0.4, 0.5) is 22.7 Å². The molecule has 0 aliphatic heterocycles. The van der Waals surface area contributed by atoms with E-state index in [1.807, 2.05) is 38.1 Å². The number of rotatable bonds is 3. The molecule has 0 spiro atoms. The summed E-state index contributed by atoms with van der Waals surface area (Å²) in [7, 11) is 0. The molecular weight excluding hydrogens is 248 g/mol. The minimum absolute atomic E-state index is 0.727. The molecule has 20 heavy (non-hydrogen) atoms. The number of hydrogen-bond donors (Lipinski definition) is 4. The summed E-state index contributed by atoms with van der Waals surface area (Å²) in [5, 5.41) is 0. The van der Waals surface area contributed by atoms with Crippen molar-refractivity contribution in [2.24, 2.45) is 0 Å².